The average molecular weight is 403 g/mol. The zero-order valence-electron chi connectivity index (χ0n) is 16.9. The number of nitrogens with zero attached hydrogens (tertiary/aromatic N) is 2. The number of likely N-dealkylation sites (N-methyl/N-ethyl adjacent to an activating group) is 1. The van der Waals surface area contributed by atoms with Crippen molar-refractivity contribution in [3.8, 4) is 0 Å². The Bertz CT molecular complexity index is 800. The lowest BCUT2D eigenvalue weighted by Crippen LogP contribution is -2.50. The number of hydrogen-bond donors (Lipinski definition) is 1. The van der Waals surface area contributed by atoms with Gasteiger partial charge in [-0.2, -0.15) is 0 Å². The highest BCUT2D eigenvalue weighted by Gasteiger charge is 2.45. The van der Waals surface area contributed by atoms with Crippen LogP contribution in [0.3, 0.4) is 0 Å². The van der Waals surface area contributed by atoms with E-state index in [9.17, 15) is 24.0 Å². The summed E-state index contributed by atoms with van der Waals surface area (Å²) in [6.45, 7) is 2.71. The van der Waals surface area contributed by atoms with Crippen LogP contribution in [0.2, 0.25) is 0 Å². The molecule has 0 aromatic heterocycles. The van der Waals surface area contributed by atoms with Crippen molar-refractivity contribution < 1.29 is 28.7 Å². The molecule has 1 aromatic carbocycles. The molecule has 9 heteroatoms. The Labute approximate surface area is 169 Å². The van der Waals surface area contributed by atoms with E-state index in [1.807, 2.05) is 6.92 Å². The summed E-state index contributed by atoms with van der Waals surface area (Å²) in [5.41, 5.74) is 0.470. The zero-order valence-corrected chi connectivity index (χ0v) is 16.9. The summed E-state index contributed by atoms with van der Waals surface area (Å²) >= 11 is 0. The Hall–Kier alpha value is -3.23. The molecule has 156 valence electrons. The molecule has 0 spiro atoms. The van der Waals surface area contributed by atoms with Crippen LogP contribution in [0.1, 0.15) is 41.0 Å². The molecule has 2 atom stereocenters. The van der Waals surface area contributed by atoms with Gasteiger partial charge >= 0.3 is 5.97 Å². The van der Waals surface area contributed by atoms with Crippen molar-refractivity contribution in [2.75, 3.05) is 27.2 Å². The number of imide groups is 1. The largest absolute Gasteiger partial charge is 0.454 e. The third kappa shape index (κ3) is 4.79. The summed E-state index contributed by atoms with van der Waals surface area (Å²) in [4.78, 5) is 63.7. The van der Waals surface area contributed by atoms with E-state index in [0.717, 1.165) is 4.90 Å². The first kappa shape index (κ1) is 22.1. The summed E-state index contributed by atoms with van der Waals surface area (Å²) in [5, 5.41) is 2.35. The molecule has 2 rings (SSSR count). The van der Waals surface area contributed by atoms with Crippen LogP contribution in [-0.2, 0) is 19.1 Å². The van der Waals surface area contributed by atoms with Gasteiger partial charge in [-0.3, -0.25) is 24.1 Å². The number of fused-ring (bicyclic) bond motifs is 1. The fraction of sp³-hybridized carbons (Fsp3) is 0.450. The van der Waals surface area contributed by atoms with Crippen LogP contribution < -0.4 is 5.32 Å². The van der Waals surface area contributed by atoms with Gasteiger partial charge in [0.05, 0.1) is 17.7 Å². The minimum atomic E-state index is -1.15. The van der Waals surface area contributed by atoms with Gasteiger partial charge in [-0.15, -0.1) is 0 Å². The van der Waals surface area contributed by atoms with Crippen LogP contribution >= 0.6 is 0 Å². The van der Waals surface area contributed by atoms with Gasteiger partial charge in [-0.05, 0) is 18.1 Å². The molecule has 1 aromatic rings. The second-order valence-corrected chi connectivity index (χ2v) is 7.03. The first-order valence-corrected chi connectivity index (χ1v) is 9.29. The smallest absolute Gasteiger partial charge is 0.330 e. The van der Waals surface area contributed by atoms with Crippen molar-refractivity contribution in [3.05, 3.63) is 35.4 Å². The molecule has 29 heavy (non-hydrogen) atoms. The van der Waals surface area contributed by atoms with E-state index in [4.69, 9.17) is 4.74 Å². The van der Waals surface area contributed by atoms with E-state index in [1.165, 1.54) is 17.0 Å². The molecule has 0 radical (unpaired) electrons. The summed E-state index contributed by atoms with van der Waals surface area (Å²) in [7, 11) is 3.10. The average Bonchev–Trinajstić information content (AvgIpc) is 2.95. The van der Waals surface area contributed by atoms with Crippen LogP contribution in [0.5, 0.6) is 0 Å². The highest BCUT2D eigenvalue weighted by Crippen LogP contribution is 2.28. The van der Waals surface area contributed by atoms with Gasteiger partial charge < -0.3 is 15.0 Å². The summed E-state index contributed by atoms with van der Waals surface area (Å²) in [6.07, 6.45) is 0.511. The Morgan fingerprint density at radius 1 is 1.10 bits per heavy atom. The van der Waals surface area contributed by atoms with Crippen LogP contribution in [0.4, 0.5) is 0 Å². The number of benzene rings is 1. The van der Waals surface area contributed by atoms with Gasteiger partial charge in [0.15, 0.2) is 6.61 Å². The molecule has 0 saturated heterocycles. The molecule has 1 aliphatic heterocycles. The number of carbonyl (C=O) groups is 5. The molecule has 0 fully saturated rings. The molecule has 0 aliphatic carbocycles. The number of hydrogen-bond acceptors (Lipinski definition) is 6. The monoisotopic (exact) mass is 403 g/mol. The highest BCUT2D eigenvalue weighted by atomic mass is 16.5. The minimum Gasteiger partial charge on any atom is -0.454 e. The van der Waals surface area contributed by atoms with Crippen LogP contribution in [0, 0.1) is 5.92 Å². The Morgan fingerprint density at radius 2 is 1.66 bits per heavy atom. The van der Waals surface area contributed by atoms with E-state index in [0.29, 0.717) is 6.42 Å². The van der Waals surface area contributed by atoms with Crippen LogP contribution in [0.25, 0.3) is 0 Å². The summed E-state index contributed by atoms with van der Waals surface area (Å²) in [6, 6.07) is 5.20. The maximum absolute atomic E-state index is 12.7. The quantitative estimate of drug-likeness (QED) is 0.498. The number of ether oxygens (including phenoxy) is 1. The Kier molecular flexibility index (Phi) is 7.08. The number of esters is 1. The fourth-order valence-electron chi connectivity index (χ4n) is 2.88. The molecular weight excluding hydrogens is 378 g/mol. The number of amides is 4. The topological polar surface area (TPSA) is 113 Å². The van der Waals surface area contributed by atoms with Crippen molar-refractivity contribution in [1.29, 1.82) is 0 Å². The predicted molar refractivity (Wildman–Crippen MR) is 103 cm³/mol. The van der Waals surface area contributed by atoms with Gasteiger partial charge in [0.1, 0.15) is 6.04 Å². The van der Waals surface area contributed by atoms with E-state index < -0.39 is 36.3 Å². The molecule has 1 N–H and O–H groups in total. The van der Waals surface area contributed by atoms with Crippen molar-refractivity contribution in [3.63, 3.8) is 0 Å². The molecule has 0 bridgehead atoms. The predicted octanol–water partition coefficient (Wildman–Crippen LogP) is 0.445. The molecule has 1 aliphatic rings. The zero-order chi connectivity index (χ0) is 21.7. The lowest BCUT2D eigenvalue weighted by Gasteiger charge is -2.28. The number of carbonyl (C=O) groups excluding carboxylic acids is 5. The standard InChI is InChI=1S/C20H25N3O6/c1-5-12(2)17(20(28)29-11-15(24)21-10-16(25)22(3)4)23-18(26)13-8-6-7-9-14(13)19(23)27/h6-9,12,17H,5,10-11H2,1-4H3,(H,21,24)/t12-,17-/m0/s1. The van der Waals surface area contributed by atoms with Crippen molar-refractivity contribution in [1.82, 2.24) is 15.1 Å². The van der Waals surface area contributed by atoms with E-state index in [1.54, 1.807) is 33.2 Å². The molecule has 4 amide bonds. The van der Waals surface area contributed by atoms with Gasteiger partial charge in [0, 0.05) is 14.1 Å². The lowest BCUT2D eigenvalue weighted by atomic mass is 9.97. The molecule has 1 heterocycles. The van der Waals surface area contributed by atoms with Gasteiger partial charge in [0.25, 0.3) is 17.7 Å². The second-order valence-electron chi connectivity index (χ2n) is 7.03. The minimum absolute atomic E-state index is 0.226. The molecule has 0 unspecified atom stereocenters. The third-order valence-electron chi connectivity index (χ3n) is 4.81. The maximum atomic E-state index is 12.7. The maximum Gasteiger partial charge on any atom is 0.330 e. The van der Waals surface area contributed by atoms with Crippen LogP contribution in [0.15, 0.2) is 24.3 Å². The van der Waals surface area contributed by atoms with E-state index in [2.05, 4.69) is 5.32 Å². The number of nitrogens with one attached hydrogen (secondary N) is 1. The van der Waals surface area contributed by atoms with Crippen LogP contribution in [-0.4, -0.2) is 72.7 Å². The summed E-state index contributed by atoms with van der Waals surface area (Å²) in [5.74, 6) is -3.30. The van der Waals surface area contributed by atoms with Crippen molar-refractivity contribution >= 4 is 29.6 Å². The first-order valence-electron chi connectivity index (χ1n) is 9.29. The first-order chi connectivity index (χ1) is 13.7. The summed E-state index contributed by atoms with van der Waals surface area (Å²) < 4.78 is 5.07. The molecular formula is C20H25N3O6. The molecule has 0 saturated carbocycles. The van der Waals surface area contributed by atoms with Gasteiger partial charge in [0.2, 0.25) is 5.91 Å². The Balaban J connectivity index is 2.08. The second kappa shape index (κ2) is 9.31. The van der Waals surface area contributed by atoms with Gasteiger partial charge in [-0.25, -0.2) is 4.79 Å². The van der Waals surface area contributed by atoms with E-state index in [-0.39, 0.29) is 29.5 Å². The number of rotatable bonds is 8. The highest BCUT2D eigenvalue weighted by molar-refractivity contribution is 6.22. The van der Waals surface area contributed by atoms with E-state index >= 15 is 0 Å². The third-order valence-corrected chi connectivity index (χ3v) is 4.81. The van der Waals surface area contributed by atoms with Gasteiger partial charge in [-0.1, -0.05) is 32.4 Å². The SMILES string of the molecule is CC[C@H](C)[C@@H](C(=O)OCC(=O)NCC(=O)N(C)C)N1C(=O)c2ccccc2C1=O. The van der Waals surface area contributed by atoms with Crippen molar-refractivity contribution in [2.45, 2.75) is 26.3 Å². The lowest BCUT2D eigenvalue weighted by molar-refractivity contribution is -0.154. The normalized spacial score (nSPS) is 14.8. The Morgan fingerprint density at radius 3 is 2.14 bits per heavy atom. The van der Waals surface area contributed by atoms with Crippen molar-refractivity contribution in [2.24, 2.45) is 5.92 Å². The molecule has 9 nitrogen and oxygen atoms in total. The fourth-order valence-corrected chi connectivity index (χ4v) is 2.88.